The van der Waals surface area contributed by atoms with Crippen LogP contribution in [-0.4, -0.2) is 16.2 Å². The molecule has 4 aromatic rings. The number of anilines is 1. The standard InChI is InChI=1S/C27H30IN3O/c1-5-32-23-13-11-22(12-14-23)31-25-15-8-20(17-28)16-24(25)30-26(31)29-18-19-6-9-21(10-7-19)27(2,3)4/h6-16H,5,17-18H2,1-4H3,(H,29,30). The molecule has 0 aliphatic heterocycles. The van der Waals surface area contributed by atoms with Gasteiger partial charge in [-0.05, 0) is 65.4 Å². The lowest BCUT2D eigenvalue weighted by Crippen LogP contribution is -2.11. The Labute approximate surface area is 204 Å². The van der Waals surface area contributed by atoms with E-state index in [1.165, 1.54) is 16.7 Å². The lowest BCUT2D eigenvalue weighted by Gasteiger charge is -2.19. The third kappa shape index (κ3) is 4.93. The number of halogens is 1. The summed E-state index contributed by atoms with van der Waals surface area (Å²) < 4.78 is 8.77. The van der Waals surface area contributed by atoms with Crippen molar-refractivity contribution in [3.63, 3.8) is 0 Å². The number of alkyl halides is 1. The van der Waals surface area contributed by atoms with Crippen molar-refractivity contribution >= 4 is 39.6 Å². The summed E-state index contributed by atoms with van der Waals surface area (Å²) in [5.41, 5.74) is 7.16. The molecule has 1 heterocycles. The summed E-state index contributed by atoms with van der Waals surface area (Å²) in [6.45, 7) is 10.1. The van der Waals surface area contributed by atoms with Crippen molar-refractivity contribution in [3.8, 4) is 11.4 Å². The van der Waals surface area contributed by atoms with Crippen LogP contribution in [0.4, 0.5) is 5.95 Å². The van der Waals surface area contributed by atoms with Crippen LogP contribution in [0.5, 0.6) is 5.75 Å². The van der Waals surface area contributed by atoms with E-state index in [0.29, 0.717) is 13.2 Å². The summed E-state index contributed by atoms with van der Waals surface area (Å²) >= 11 is 2.39. The lowest BCUT2D eigenvalue weighted by molar-refractivity contribution is 0.340. The Morgan fingerprint density at radius 2 is 1.62 bits per heavy atom. The van der Waals surface area contributed by atoms with Gasteiger partial charge in [-0.3, -0.25) is 4.57 Å². The van der Waals surface area contributed by atoms with Gasteiger partial charge in [-0.1, -0.05) is 73.7 Å². The fraction of sp³-hybridized carbons (Fsp3) is 0.296. The third-order valence-corrected chi connectivity index (χ3v) is 6.43. The molecule has 0 unspecified atom stereocenters. The summed E-state index contributed by atoms with van der Waals surface area (Å²) in [6.07, 6.45) is 0. The number of aromatic nitrogens is 2. The van der Waals surface area contributed by atoms with Crippen LogP contribution in [0.2, 0.25) is 0 Å². The fourth-order valence-corrected chi connectivity index (χ4v) is 4.23. The second-order valence-electron chi connectivity index (χ2n) is 8.95. The van der Waals surface area contributed by atoms with E-state index in [1.54, 1.807) is 0 Å². The van der Waals surface area contributed by atoms with Gasteiger partial charge in [0.15, 0.2) is 0 Å². The van der Waals surface area contributed by atoms with Crippen LogP contribution in [0.3, 0.4) is 0 Å². The van der Waals surface area contributed by atoms with Gasteiger partial charge in [-0.25, -0.2) is 4.98 Å². The second kappa shape index (κ2) is 9.53. The van der Waals surface area contributed by atoms with Gasteiger partial charge in [-0.2, -0.15) is 0 Å². The molecular weight excluding hydrogens is 509 g/mol. The van der Waals surface area contributed by atoms with E-state index < -0.39 is 0 Å². The topological polar surface area (TPSA) is 39.1 Å². The largest absolute Gasteiger partial charge is 0.494 e. The maximum Gasteiger partial charge on any atom is 0.208 e. The molecular formula is C27H30IN3O. The van der Waals surface area contributed by atoms with Gasteiger partial charge in [0, 0.05) is 16.7 Å². The Morgan fingerprint density at radius 3 is 2.25 bits per heavy atom. The van der Waals surface area contributed by atoms with Crippen molar-refractivity contribution in [2.75, 3.05) is 11.9 Å². The number of fused-ring (bicyclic) bond motifs is 1. The second-order valence-corrected chi connectivity index (χ2v) is 9.72. The van der Waals surface area contributed by atoms with Crippen LogP contribution in [0.1, 0.15) is 44.4 Å². The SMILES string of the molecule is CCOc1ccc(-n2c(NCc3ccc(C(C)(C)C)cc3)nc3cc(CI)ccc32)cc1. The number of rotatable bonds is 7. The molecule has 0 atom stereocenters. The Kier molecular flexibility index (Phi) is 6.74. The highest BCUT2D eigenvalue weighted by Crippen LogP contribution is 2.28. The molecule has 0 bridgehead atoms. The molecule has 1 N–H and O–H groups in total. The molecule has 0 saturated carbocycles. The molecule has 3 aromatic carbocycles. The molecule has 0 radical (unpaired) electrons. The van der Waals surface area contributed by atoms with Gasteiger partial charge >= 0.3 is 0 Å². The van der Waals surface area contributed by atoms with Gasteiger partial charge in [-0.15, -0.1) is 0 Å². The van der Waals surface area contributed by atoms with E-state index in [0.717, 1.165) is 32.8 Å². The number of hydrogen-bond acceptors (Lipinski definition) is 3. The summed E-state index contributed by atoms with van der Waals surface area (Å²) in [7, 11) is 0. The maximum atomic E-state index is 5.62. The molecule has 4 rings (SSSR count). The zero-order chi connectivity index (χ0) is 22.7. The minimum atomic E-state index is 0.157. The third-order valence-electron chi connectivity index (χ3n) is 5.55. The van der Waals surface area contributed by atoms with Crippen molar-refractivity contribution in [1.82, 2.24) is 9.55 Å². The Morgan fingerprint density at radius 1 is 0.938 bits per heavy atom. The first-order valence-corrected chi connectivity index (χ1v) is 12.6. The normalized spacial score (nSPS) is 11.7. The molecule has 0 fully saturated rings. The first-order chi connectivity index (χ1) is 15.4. The van der Waals surface area contributed by atoms with Gasteiger partial charge in [0.25, 0.3) is 0 Å². The first-order valence-electron chi connectivity index (χ1n) is 11.0. The summed E-state index contributed by atoms with van der Waals surface area (Å²) in [5.74, 6) is 1.72. The predicted molar refractivity (Wildman–Crippen MR) is 142 cm³/mol. The number of benzene rings is 3. The van der Waals surface area contributed by atoms with Crippen molar-refractivity contribution in [3.05, 3.63) is 83.4 Å². The summed E-state index contributed by atoms with van der Waals surface area (Å²) in [4.78, 5) is 4.95. The van der Waals surface area contributed by atoms with Crippen LogP contribution in [0.15, 0.2) is 66.7 Å². The van der Waals surface area contributed by atoms with Crippen LogP contribution < -0.4 is 10.1 Å². The number of nitrogens with one attached hydrogen (secondary N) is 1. The van der Waals surface area contributed by atoms with E-state index in [2.05, 4.69) is 108 Å². The molecule has 5 heteroatoms. The number of nitrogens with zero attached hydrogens (tertiary/aromatic N) is 2. The highest BCUT2D eigenvalue weighted by Gasteiger charge is 2.15. The van der Waals surface area contributed by atoms with E-state index in [-0.39, 0.29) is 5.41 Å². The molecule has 0 saturated heterocycles. The first kappa shape index (κ1) is 22.6. The predicted octanol–water partition coefficient (Wildman–Crippen LogP) is 7.27. The average Bonchev–Trinajstić information content (AvgIpc) is 3.15. The fourth-order valence-electron chi connectivity index (χ4n) is 3.75. The molecule has 0 aliphatic rings. The quantitative estimate of drug-likeness (QED) is 0.198. The van der Waals surface area contributed by atoms with Crippen LogP contribution in [-0.2, 0) is 16.4 Å². The minimum Gasteiger partial charge on any atom is -0.494 e. The smallest absolute Gasteiger partial charge is 0.208 e. The van der Waals surface area contributed by atoms with Gasteiger partial charge in [0.2, 0.25) is 5.95 Å². The van der Waals surface area contributed by atoms with Gasteiger partial charge in [0.05, 0.1) is 17.6 Å². The Balaban J connectivity index is 1.67. The Hall–Kier alpha value is -2.54. The lowest BCUT2D eigenvalue weighted by atomic mass is 9.87. The molecule has 32 heavy (non-hydrogen) atoms. The molecule has 0 aliphatic carbocycles. The molecule has 0 amide bonds. The van der Waals surface area contributed by atoms with E-state index in [9.17, 15) is 0 Å². The summed E-state index contributed by atoms with van der Waals surface area (Å²) in [6, 6.07) is 23.6. The van der Waals surface area contributed by atoms with Crippen molar-refractivity contribution in [2.24, 2.45) is 0 Å². The highest BCUT2D eigenvalue weighted by molar-refractivity contribution is 14.1. The van der Waals surface area contributed by atoms with E-state index in [1.807, 2.05) is 19.1 Å². The maximum absolute atomic E-state index is 5.62. The molecule has 166 valence electrons. The van der Waals surface area contributed by atoms with Crippen molar-refractivity contribution < 1.29 is 4.74 Å². The van der Waals surface area contributed by atoms with E-state index in [4.69, 9.17) is 9.72 Å². The summed E-state index contributed by atoms with van der Waals surface area (Å²) in [5, 5.41) is 3.57. The average molecular weight is 539 g/mol. The minimum absolute atomic E-state index is 0.157. The van der Waals surface area contributed by atoms with Crippen LogP contribution >= 0.6 is 22.6 Å². The number of imidazole rings is 1. The van der Waals surface area contributed by atoms with E-state index >= 15 is 0 Å². The number of hydrogen-bond donors (Lipinski definition) is 1. The van der Waals surface area contributed by atoms with Gasteiger partial charge < -0.3 is 10.1 Å². The molecule has 1 aromatic heterocycles. The van der Waals surface area contributed by atoms with Crippen LogP contribution in [0.25, 0.3) is 16.7 Å². The zero-order valence-corrected chi connectivity index (χ0v) is 21.3. The monoisotopic (exact) mass is 539 g/mol. The zero-order valence-electron chi connectivity index (χ0n) is 19.2. The molecule has 0 spiro atoms. The highest BCUT2D eigenvalue weighted by atomic mass is 127. The van der Waals surface area contributed by atoms with Crippen LogP contribution in [0, 0.1) is 0 Å². The van der Waals surface area contributed by atoms with Crippen molar-refractivity contribution in [1.29, 1.82) is 0 Å². The van der Waals surface area contributed by atoms with Gasteiger partial charge in [0.1, 0.15) is 5.75 Å². The number of ether oxygens (including phenoxy) is 1. The van der Waals surface area contributed by atoms with Crippen molar-refractivity contribution in [2.45, 2.75) is 44.1 Å². The Bertz CT molecular complexity index is 1190. The molecule has 4 nitrogen and oxygen atoms in total.